The molecule has 2 heterocycles. The zero-order chi connectivity index (χ0) is 20.3. The van der Waals surface area contributed by atoms with E-state index in [4.69, 9.17) is 23.5 Å². The fourth-order valence-electron chi connectivity index (χ4n) is 3.29. The molecule has 6 nitrogen and oxygen atoms in total. The number of ether oxygens (including phenoxy) is 1. The first-order valence-electron chi connectivity index (χ1n) is 8.85. The molecule has 1 aromatic rings. The lowest BCUT2D eigenvalue weighted by Crippen LogP contribution is -2.38. The number of nitrogens with one attached hydrogen (secondary N) is 1. The highest BCUT2D eigenvalue weighted by Crippen LogP contribution is 2.31. The number of cyclic esters (lactones) is 1. The van der Waals surface area contributed by atoms with E-state index in [1.165, 1.54) is 17.2 Å². The molecule has 2 fully saturated rings. The van der Waals surface area contributed by atoms with Gasteiger partial charge in [0.15, 0.2) is 6.20 Å². The smallest absolute Gasteiger partial charge is 0.414 e. The number of carbonyl (C=O) groups is 1. The van der Waals surface area contributed by atoms with Crippen LogP contribution in [0.3, 0.4) is 0 Å². The van der Waals surface area contributed by atoms with Crippen LogP contribution in [0.5, 0.6) is 0 Å². The molecule has 0 radical (unpaired) electrons. The predicted molar refractivity (Wildman–Crippen MR) is 107 cm³/mol. The first kappa shape index (κ1) is 20.0. The summed E-state index contributed by atoms with van der Waals surface area (Å²) in [5.41, 5.74) is 1.10. The predicted octanol–water partition coefficient (Wildman–Crippen LogP) is 3.44. The molecule has 3 rings (SSSR count). The zero-order valence-corrected chi connectivity index (χ0v) is 16.1. The Hall–Kier alpha value is -2.73. The lowest BCUT2D eigenvalue weighted by molar-refractivity contribution is 0.143. The van der Waals surface area contributed by atoms with Crippen molar-refractivity contribution in [3.63, 3.8) is 0 Å². The quantitative estimate of drug-likeness (QED) is 0.613. The van der Waals surface area contributed by atoms with Gasteiger partial charge in [0.25, 0.3) is 0 Å². The second kappa shape index (κ2) is 8.52. The van der Waals surface area contributed by atoms with Crippen molar-refractivity contribution in [3.8, 4) is 0 Å². The van der Waals surface area contributed by atoms with Crippen molar-refractivity contribution < 1.29 is 18.3 Å². The topological polar surface area (TPSA) is 49.2 Å². The van der Waals surface area contributed by atoms with Crippen molar-refractivity contribution in [2.75, 3.05) is 36.0 Å². The molecule has 0 aromatic heterocycles. The molecule has 0 spiro atoms. The van der Waals surface area contributed by atoms with Gasteiger partial charge in [-0.2, -0.15) is 0 Å². The Balaban J connectivity index is 1.69. The Morgan fingerprint density at radius 3 is 2.93 bits per heavy atom. The van der Waals surface area contributed by atoms with Crippen molar-refractivity contribution in [2.24, 2.45) is 0 Å². The standard InChI is InChI=1S/C19H20F2N4O2S/c1-12(28)23-9-15-10-25(19(26)27-15)14-3-4-18(16(20)7-14)24-6-5-13(8-22-2)17(21)11-24/h3-4,7-8,15,17H,5-6,9-11H2,1H3,(H,23,28)/b13-8+/t15-,17?/m0/s1. The van der Waals surface area contributed by atoms with E-state index >= 15 is 0 Å². The summed E-state index contributed by atoms with van der Waals surface area (Å²) in [5.74, 6) is -0.536. The van der Waals surface area contributed by atoms with E-state index in [1.54, 1.807) is 24.0 Å². The maximum absolute atomic E-state index is 14.7. The first-order chi connectivity index (χ1) is 13.4. The number of alkyl halides is 1. The van der Waals surface area contributed by atoms with E-state index in [0.29, 0.717) is 35.8 Å². The molecule has 1 N–H and O–H groups in total. The molecular formula is C19H20F2N4O2S. The highest BCUT2D eigenvalue weighted by Gasteiger charge is 2.33. The van der Waals surface area contributed by atoms with Crippen molar-refractivity contribution in [3.05, 3.63) is 47.2 Å². The van der Waals surface area contributed by atoms with Crippen LogP contribution in [0.4, 0.5) is 25.0 Å². The summed E-state index contributed by atoms with van der Waals surface area (Å²) in [5, 5.41) is 2.95. The van der Waals surface area contributed by atoms with Crippen LogP contribution in [0.15, 0.2) is 30.0 Å². The molecule has 148 valence electrons. The van der Waals surface area contributed by atoms with Gasteiger partial charge in [0.1, 0.15) is 18.1 Å². The minimum Gasteiger partial charge on any atom is -0.442 e. The molecular weight excluding hydrogens is 386 g/mol. The Bertz CT molecular complexity index is 855. The van der Waals surface area contributed by atoms with Crippen molar-refractivity contribution in [1.82, 2.24) is 5.32 Å². The molecule has 1 unspecified atom stereocenters. The summed E-state index contributed by atoms with van der Waals surface area (Å²) in [4.78, 5) is 18.8. The number of carbonyl (C=O) groups excluding carboxylic acids is 1. The Morgan fingerprint density at radius 2 is 2.29 bits per heavy atom. The highest BCUT2D eigenvalue weighted by molar-refractivity contribution is 7.80. The fourth-order valence-corrected chi connectivity index (χ4v) is 3.37. The van der Waals surface area contributed by atoms with Crippen molar-refractivity contribution >= 4 is 34.7 Å². The lowest BCUT2D eigenvalue weighted by Gasteiger charge is -2.33. The second-order valence-corrected chi connectivity index (χ2v) is 7.30. The lowest BCUT2D eigenvalue weighted by atomic mass is 10.0. The second-order valence-electron chi connectivity index (χ2n) is 6.69. The fraction of sp³-hybridized carbons (Fsp3) is 0.421. The molecule has 2 aliphatic rings. The summed E-state index contributed by atoms with van der Waals surface area (Å²) in [6, 6.07) is 4.42. The van der Waals surface area contributed by atoms with Gasteiger partial charge in [0.2, 0.25) is 0 Å². The van der Waals surface area contributed by atoms with E-state index < -0.39 is 18.1 Å². The van der Waals surface area contributed by atoms with Gasteiger partial charge in [0.05, 0.1) is 42.6 Å². The van der Waals surface area contributed by atoms with Gasteiger partial charge >= 0.3 is 6.09 Å². The van der Waals surface area contributed by atoms with E-state index in [0.717, 1.165) is 0 Å². The Morgan fingerprint density at radius 1 is 1.50 bits per heavy atom. The van der Waals surface area contributed by atoms with Crippen LogP contribution in [0.2, 0.25) is 0 Å². The molecule has 9 heteroatoms. The first-order valence-corrected chi connectivity index (χ1v) is 9.26. The molecule has 0 saturated carbocycles. The molecule has 2 saturated heterocycles. The number of hydrogen-bond acceptors (Lipinski definition) is 4. The van der Waals surface area contributed by atoms with Crippen LogP contribution >= 0.6 is 12.2 Å². The van der Waals surface area contributed by atoms with Gasteiger partial charge in [-0.3, -0.25) is 4.90 Å². The maximum atomic E-state index is 14.7. The molecule has 0 bridgehead atoms. The van der Waals surface area contributed by atoms with Crippen LogP contribution < -0.4 is 15.1 Å². The average molecular weight is 406 g/mol. The molecule has 0 aliphatic carbocycles. The third-order valence-electron chi connectivity index (χ3n) is 4.72. The number of hydrogen-bond donors (Lipinski definition) is 1. The van der Waals surface area contributed by atoms with Gasteiger partial charge < -0.3 is 15.0 Å². The molecule has 2 atom stereocenters. The minimum absolute atomic E-state index is 0.00591. The average Bonchev–Trinajstić information content (AvgIpc) is 3.02. The summed E-state index contributed by atoms with van der Waals surface area (Å²) >= 11 is 4.94. The Labute approximate surface area is 167 Å². The third kappa shape index (κ3) is 4.39. The number of anilines is 2. The summed E-state index contributed by atoms with van der Waals surface area (Å²) < 4.78 is 34.2. The third-order valence-corrected chi connectivity index (χ3v) is 4.86. The number of amides is 1. The number of nitrogens with zero attached hydrogens (tertiary/aromatic N) is 3. The Kier molecular flexibility index (Phi) is 6.09. The molecule has 2 aliphatic heterocycles. The van der Waals surface area contributed by atoms with Crippen molar-refractivity contribution in [2.45, 2.75) is 25.6 Å². The van der Waals surface area contributed by atoms with Gasteiger partial charge in [-0.1, -0.05) is 12.2 Å². The highest BCUT2D eigenvalue weighted by atomic mass is 32.1. The number of thiocarbonyl (C=S) groups is 1. The maximum Gasteiger partial charge on any atom is 0.414 e. The van der Waals surface area contributed by atoms with Gasteiger partial charge in [-0.25, -0.2) is 18.4 Å². The normalized spacial score (nSPS) is 23.5. The van der Waals surface area contributed by atoms with Crippen LogP contribution in [-0.2, 0) is 4.74 Å². The van der Waals surface area contributed by atoms with E-state index in [-0.39, 0.29) is 24.9 Å². The SMILES string of the molecule is [C-]#[N+]/C=C1\CCN(c2ccc(N3C[C@H](CNC(C)=S)OC3=O)cc2F)CC1F. The van der Waals surface area contributed by atoms with Crippen LogP contribution in [0.1, 0.15) is 13.3 Å². The van der Waals surface area contributed by atoms with Gasteiger partial charge in [0, 0.05) is 6.54 Å². The summed E-state index contributed by atoms with van der Waals surface area (Å²) in [7, 11) is 0. The zero-order valence-electron chi connectivity index (χ0n) is 15.3. The minimum atomic E-state index is -1.30. The number of benzene rings is 1. The summed E-state index contributed by atoms with van der Waals surface area (Å²) in [6.45, 7) is 9.65. The van der Waals surface area contributed by atoms with E-state index in [1.807, 2.05) is 0 Å². The number of piperidine rings is 1. The van der Waals surface area contributed by atoms with Crippen LogP contribution in [0.25, 0.3) is 4.85 Å². The number of rotatable bonds is 4. The van der Waals surface area contributed by atoms with Crippen LogP contribution in [0, 0.1) is 12.4 Å². The van der Waals surface area contributed by atoms with Crippen molar-refractivity contribution in [1.29, 1.82) is 0 Å². The summed E-state index contributed by atoms with van der Waals surface area (Å²) in [6.07, 6.45) is -0.644. The molecule has 28 heavy (non-hydrogen) atoms. The van der Waals surface area contributed by atoms with Gasteiger partial charge in [-0.15, -0.1) is 0 Å². The van der Waals surface area contributed by atoms with Crippen LogP contribution in [-0.4, -0.2) is 49.5 Å². The molecule has 1 aromatic carbocycles. The monoisotopic (exact) mass is 406 g/mol. The number of halogens is 2. The van der Waals surface area contributed by atoms with Gasteiger partial charge in [-0.05, 0) is 37.1 Å². The largest absolute Gasteiger partial charge is 0.442 e. The van der Waals surface area contributed by atoms with E-state index in [2.05, 4.69) is 10.2 Å². The molecule has 1 amide bonds. The van der Waals surface area contributed by atoms with E-state index in [9.17, 15) is 13.6 Å².